The van der Waals surface area contributed by atoms with E-state index >= 15 is 0 Å². The van der Waals surface area contributed by atoms with E-state index < -0.39 is 0 Å². The zero-order valence-electron chi connectivity index (χ0n) is 16.8. The van der Waals surface area contributed by atoms with Gasteiger partial charge in [0.15, 0.2) is 5.13 Å². The number of aromatic nitrogens is 1. The highest BCUT2D eigenvalue weighted by atomic mass is 35.5. The van der Waals surface area contributed by atoms with E-state index in [9.17, 15) is 9.59 Å². The number of amides is 2. The maximum atomic E-state index is 12.7. The molecule has 2 amide bonds. The van der Waals surface area contributed by atoms with Gasteiger partial charge < -0.3 is 10.2 Å². The zero-order valence-corrected chi connectivity index (χ0v) is 18.3. The molecule has 0 saturated carbocycles. The molecule has 0 aliphatic carbocycles. The summed E-state index contributed by atoms with van der Waals surface area (Å²) in [7, 11) is 0. The van der Waals surface area contributed by atoms with Crippen molar-refractivity contribution in [2.75, 3.05) is 16.8 Å². The summed E-state index contributed by atoms with van der Waals surface area (Å²) >= 11 is 7.41. The molecular formula is C23H21ClN4O2S. The number of anilines is 2. The highest BCUT2D eigenvalue weighted by Crippen LogP contribution is 2.23. The van der Waals surface area contributed by atoms with Crippen molar-refractivity contribution in [2.24, 2.45) is 0 Å². The highest BCUT2D eigenvalue weighted by Gasteiger charge is 2.17. The van der Waals surface area contributed by atoms with Crippen LogP contribution in [0.4, 0.5) is 10.8 Å². The van der Waals surface area contributed by atoms with Gasteiger partial charge in [-0.3, -0.25) is 9.59 Å². The third-order valence-electron chi connectivity index (χ3n) is 4.45. The van der Waals surface area contributed by atoms with Gasteiger partial charge >= 0.3 is 0 Å². The van der Waals surface area contributed by atoms with Crippen molar-refractivity contribution in [3.05, 3.63) is 76.3 Å². The summed E-state index contributed by atoms with van der Waals surface area (Å²) in [5, 5.41) is 12.8. The van der Waals surface area contributed by atoms with Crippen LogP contribution in [-0.2, 0) is 16.0 Å². The Balaban J connectivity index is 1.53. The number of rotatable bonds is 9. The molecule has 0 saturated heterocycles. The quantitative estimate of drug-likeness (QED) is 0.492. The molecule has 8 heteroatoms. The fraction of sp³-hybridized carbons (Fsp3) is 0.217. The molecule has 6 nitrogen and oxygen atoms in total. The molecule has 0 fully saturated rings. The molecule has 1 heterocycles. The van der Waals surface area contributed by atoms with Gasteiger partial charge in [0, 0.05) is 47.6 Å². The van der Waals surface area contributed by atoms with Crippen molar-refractivity contribution < 1.29 is 9.59 Å². The smallest absolute Gasteiger partial charge is 0.227 e. The van der Waals surface area contributed by atoms with Gasteiger partial charge in [0.2, 0.25) is 11.8 Å². The van der Waals surface area contributed by atoms with Crippen LogP contribution >= 0.6 is 22.9 Å². The van der Waals surface area contributed by atoms with Gasteiger partial charge in [-0.15, -0.1) is 11.3 Å². The molecule has 0 aliphatic heterocycles. The molecule has 0 bridgehead atoms. The molecule has 2 aromatic carbocycles. The molecule has 0 radical (unpaired) electrons. The van der Waals surface area contributed by atoms with Crippen LogP contribution in [0.1, 0.15) is 29.7 Å². The van der Waals surface area contributed by atoms with Gasteiger partial charge in [-0.2, -0.15) is 5.26 Å². The molecule has 0 unspecified atom stereocenters. The number of halogens is 1. The minimum atomic E-state index is -0.273. The lowest BCUT2D eigenvalue weighted by atomic mass is 10.1. The van der Waals surface area contributed by atoms with E-state index in [0.717, 1.165) is 10.4 Å². The Labute approximate surface area is 190 Å². The minimum absolute atomic E-state index is 0.0396. The summed E-state index contributed by atoms with van der Waals surface area (Å²) < 4.78 is 0. The zero-order chi connectivity index (χ0) is 22.1. The SMILES string of the molecule is N#CCCN(C(=O)CCC(=O)Nc1ncc(Cc2cccc(Cl)c2)s1)c1ccccc1. The van der Waals surface area contributed by atoms with Gasteiger partial charge in [0.25, 0.3) is 0 Å². The average molecular weight is 453 g/mol. The van der Waals surface area contributed by atoms with E-state index in [0.29, 0.717) is 28.8 Å². The summed E-state index contributed by atoms with van der Waals surface area (Å²) in [6.07, 6.45) is 2.72. The highest BCUT2D eigenvalue weighted by molar-refractivity contribution is 7.15. The first kappa shape index (κ1) is 22.5. The Morgan fingerprint density at radius 3 is 2.68 bits per heavy atom. The number of para-hydroxylation sites is 1. The topological polar surface area (TPSA) is 86.1 Å². The summed E-state index contributed by atoms with van der Waals surface area (Å²) in [5.74, 6) is -0.470. The lowest BCUT2D eigenvalue weighted by molar-refractivity contribution is -0.122. The Morgan fingerprint density at radius 2 is 1.94 bits per heavy atom. The van der Waals surface area contributed by atoms with Crippen molar-refractivity contribution in [3.8, 4) is 6.07 Å². The van der Waals surface area contributed by atoms with Crippen molar-refractivity contribution in [1.29, 1.82) is 5.26 Å². The van der Waals surface area contributed by atoms with Crippen LogP contribution in [0.3, 0.4) is 0 Å². The molecule has 3 rings (SSSR count). The van der Waals surface area contributed by atoms with E-state index in [1.807, 2.05) is 54.6 Å². The lowest BCUT2D eigenvalue weighted by Gasteiger charge is -2.21. The summed E-state index contributed by atoms with van der Waals surface area (Å²) in [6, 6.07) is 18.8. The van der Waals surface area contributed by atoms with Gasteiger partial charge in [0.05, 0.1) is 12.5 Å². The molecule has 0 aliphatic rings. The minimum Gasteiger partial charge on any atom is -0.311 e. The van der Waals surface area contributed by atoms with Crippen LogP contribution in [0.25, 0.3) is 0 Å². The standard InChI is InChI=1S/C23H21ClN4O2S/c24-18-7-4-6-17(14-18)15-20-16-26-23(31-20)27-21(29)10-11-22(30)28(13-5-12-25)19-8-2-1-3-9-19/h1-4,6-9,14,16H,5,10-11,13,15H2,(H,26,27,29). The monoisotopic (exact) mass is 452 g/mol. The molecule has 158 valence electrons. The molecule has 0 spiro atoms. The fourth-order valence-electron chi connectivity index (χ4n) is 3.00. The van der Waals surface area contributed by atoms with Crippen LogP contribution in [0.2, 0.25) is 5.02 Å². The largest absolute Gasteiger partial charge is 0.311 e. The number of carbonyl (C=O) groups excluding carboxylic acids is 2. The van der Waals surface area contributed by atoms with E-state index in [2.05, 4.69) is 16.4 Å². The third kappa shape index (κ3) is 6.92. The first-order chi connectivity index (χ1) is 15.0. The van der Waals surface area contributed by atoms with E-state index in [1.54, 1.807) is 11.1 Å². The summed E-state index contributed by atoms with van der Waals surface area (Å²) in [5.41, 5.74) is 1.78. The summed E-state index contributed by atoms with van der Waals surface area (Å²) in [6.45, 7) is 0.292. The Bertz CT molecular complexity index is 1080. The maximum absolute atomic E-state index is 12.7. The van der Waals surface area contributed by atoms with Gasteiger partial charge in [-0.05, 0) is 29.8 Å². The fourth-order valence-corrected chi connectivity index (χ4v) is 4.08. The van der Waals surface area contributed by atoms with Crippen LogP contribution in [0.5, 0.6) is 0 Å². The second-order valence-electron chi connectivity index (χ2n) is 6.78. The lowest BCUT2D eigenvalue weighted by Crippen LogP contribution is -2.32. The van der Waals surface area contributed by atoms with E-state index in [1.165, 1.54) is 11.3 Å². The van der Waals surface area contributed by atoms with Crippen LogP contribution in [-0.4, -0.2) is 23.3 Å². The van der Waals surface area contributed by atoms with E-state index in [4.69, 9.17) is 16.9 Å². The number of nitrogens with one attached hydrogen (secondary N) is 1. The Kier molecular flexibility index (Phi) is 8.16. The van der Waals surface area contributed by atoms with Crippen molar-refractivity contribution in [2.45, 2.75) is 25.7 Å². The number of benzene rings is 2. The second kappa shape index (κ2) is 11.3. The number of nitriles is 1. The van der Waals surface area contributed by atoms with Gasteiger partial charge in [-0.25, -0.2) is 4.98 Å². The predicted octanol–water partition coefficient (Wildman–Crippen LogP) is 5.05. The number of carbonyl (C=O) groups is 2. The first-order valence-electron chi connectivity index (χ1n) is 9.76. The number of hydrogen-bond donors (Lipinski definition) is 1. The van der Waals surface area contributed by atoms with Gasteiger partial charge in [-0.1, -0.05) is 41.9 Å². The maximum Gasteiger partial charge on any atom is 0.227 e. The number of nitrogens with zero attached hydrogens (tertiary/aromatic N) is 3. The van der Waals surface area contributed by atoms with E-state index in [-0.39, 0.29) is 31.1 Å². The van der Waals surface area contributed by atoms with Crippen LogP contribution < -0.4 is 10.2 Å². The molecule has 1 N–H and O–H groups in total. The van der Waals surface area contributed by atoms with Crippen molar-refractivity contribution >= 4 is 45.6 Å². The summed E-state index contributed by atoms with van der Waals surface area (Å²) in [4.78, 5) is 31.8. The van der Waals surface area contributed by atoms with Crippen LogP contribution in [0.15, 0.2) is 60.8 Å². The average Bonchev–Trinajstić information content (AvgIpc) is 3.20. The van der Waals surface area contributed by atoms with Gasteiger partial charge in [0.1, 0.15) is 0 Å². The molecule has 3 aromatic rings. The predicted molar refractivity (Wildman–Crippen MR) is 123 cm³/mol. The molecule has 1 aromatic heterocycles. The normalized spacial score (nSPS) is 10.3. The second-order valence-corrected chi connectivity index (χ2v) is 8.33. The van der Waals surface area contributed by atoms with Crippen molar-refractivity contribution in [3.63, 3.8) is 0 Å². The first-order valence-corrected chi connectivity index (χ1v) is 11.0. The Hall–Kier alpha value is -3.21. The number of hydrogen-bond acceptors (Lipinski definition) is 5. The Morgan fingerprint density at radius 1 is 1.13 bits per heavy atom. The molecular weight excluding hydrogens is 432 g/mol. The van der Waals surface area contributed by atoms with Crippen molar-refractivity contribution in [1.82, 2.24) is 4.98 Å². The molecule has 0 atom stereocenters. The van der Waals surface area contributed by atoms with Crippen LogP contribution in [0, 0.1) is 11.3 Å². The third-order valence-corrected chi connectivity index (χ3v) is 5.60. The number of thiazole rings is 1. The molecule has 31 heavy (non-hydrogen) atoms.